The molecule has 0 atom stereocenters. The standard InChI is InChI=1S/C13H10BrIN2O2/c14-10-6-8(2-3-11(10)16)17-13(19)9-5-7(15)1-4-12(9)18/h1-6,18H,16H2,(H,17,19). The second-order valence-corrected chi connectivity index (χ2v) is 5.95. The Labute approximate surface area is 132 Å². The van der Waals surface area contributed by atoms with Crippen LogP contribution in [-0.4, -0.2) is 11.0 Å². The summed E-state index contributed by atoms with van der Waals surface area (Å²) < 4.78 is 1.58. The van der Waals surface area contributed by atoms with Crippen molar-refractivity contribution in [3.05, 3.63) is 50.0 Å². The van der Waals surface area contributed by atoms with E-state index >= 15 is 0 Å². The molecule has 98 valence electrons. The quantitative estimate of drug-likeness (QED) is 0.501. The minimum Gasteiger partial charge on any atom is -0.507 e. The van der Waals surface area contributed by atoms with Gasteiger partial charge in [0.25, 0.3) is 5.91 Å². The summed E-state index contributed by atoms with van der Waals surface area (Å²) >= 11 is 5.37. The number of aromatic hydroxyl groups is 1. The fraction of sp³-hybridized carbons (Fsp3) is 0. The average Bonchev–Trinajstić information content (AvgIpc) is 2.36. The Morgan fingerprint density at radius 3 is 2.68 bits per heavy atom. The summed E-state index contributed by atoms with van der Waals surface area (Å²) in [6.07, 6.45) is 0. The first-order valence-electron chi connectivity index (χ1n) is 5.32. The lowest BCUT2D eigenvalue weighted by Crippen LogP contribution is -2.12. The van der Waals surface area contributed by atoms with Crippen molar-refractivity contribution in [2.24, 2.45) is 0 Å². The lowest BCUT2D eigenvalue weighted by Gasteiger charge is -2.08. The van der Waals surface area contributed by atoms with E-state index in [1.165, 1.54) is 6.07 Å². The fourth-order valence-corrected chi connectivity index (χ4v) is 2.36. The van der Waals surface area contributed by atoms with Crippen molar-refractivity contribution in [2.45, 2.75) is 0 Å². The van der Waals surface area contributed by atoms with Crippen LogP contribution in [0.1, 0.15) is 10.4 Å². The third-order valence-corrected chi connectivity index (χ3v) is 3.82. The highest BCUT2D eigenvalue weighted by molar-refractivity contribution is 14.1. The minimum absolute atomic E-state index is 0.0487. The second-order valence-electron chi connectivity index (χ2n) is 3.85. The Morgan fingerprint density at radius 1 is 1.26 bits per heavy atom. The first kappa shape index (κ1) is 14.1. The molecule has 0 aliphatic rings. The molecule has 0 saturated carbocycles. The molecule has 2 aromatic rings. The highest BCUT2D eigenvalue weighted by atomic mass is 127. The molecular weight excluding hydrogens is 423 g/mol. The highest BCUT2D eigenvalue weighted by Gasteiger charge is 2.12. The maximum absolute atomic E-state index is 12.1. The van der Waals surface area contributed by atoms with Gasteiger partial charge in [-0.05, 0) is 74.9 Å². The van der Waals surface area contributed by atoms with E-state index in [1.54, 1.807) is 30.3 Å². The van der Waals surface area contributed by atoms with Crippen LogP contribution in [0.15, 0.2) is 40.9 Å². The second kappa shape index (κ2) is 5.79. The highest BCUT2D eigenvalue weighted by Crippen LogP contribution is 2.25. The SMILES string of the molecule is Nc1ccc(NC(=O)c2cc(I)ccc2O)cc1Br. The van der Waals surface area contributed by atoms with Crippen LogP contribution in [0, 0.1) is 3.57 Å². The number of nitrogen functional groups attached to an aromatic ring is 1. The summed E-state index contributed by atoms with van der Waals surface area (Å²) in [4.78, 5) is 12.1. The predicted molar refractivity (Wildman–Crippen MR) is 87.3 cm³/mol. The van der Waals surface area contributed by atoms with E-state index in [9.17, 15) is 9.90 Å². The molecule has 2 rings (SSSR count). The summed E-state index contributed by atoms with van der Waals surface area (Å²) in [5, 5.41) is 12.4. The zero-order valence-corrected chi connectivity index (χ0v) is 13.4. The van der Waals surface area contributed by atoms with Crippen LogP contribution >= 0.6 is 38.5 Å². The number of carbonyl (C=O) groups is 1. The zero-order valence-electron chi connectivity index (χ0n) is 9.65. The van der Waals surface area contributed by atoms with Gasteiger partial charge in [-0.1, -0.05) is 0 Å². The molecule has 2 aromatic carbocycles. The van der Waals surface area contributed by atoms with Crippen molar-refractivity contribution < 1.29 is 9.90 Å². The van der Waals surface area contributed by atoms with Crippen molar-refractivity contribution in [3.8, 4) is 5.75 Å². The number of anilines is 2. The van der Waals surface area contributed by atoms with Gasteiger partial charge in [-0.15, -0.1) is 0 Å². The molecule has 0 saturated heterocycles. The van der Waals surface area contributed by atoms with Gasteiger partial charge in [-0.25, -0.2) is 0 Å². The number of benzene rings is 2. The predicted octanol–water partition coefficient (Wildman–Crippen LogP) is 3.59. The van der Waals surface area contributed by atoms with Gasteiger partial charge in [0.15, 0.2) is 0 Å². The number of nitrogens with one attached hydrogen (secondary N) is 1. The van der Waals surface area contributed by atoms with Crippen LogP contribution in [-0.2, 0) is 0 Å². The van der Waals surface area contributed by atoms with Crippen molar-refractivity contribution in [3.63, 3.8) is 0 Å². The van der Waals surface area contributed by atoms with E-state index in [-0.39, 0.29) is 17.2 Å². The molecule has 0 unspecified atom stereocenters. The van der Waals surface area contributed by atoms with E-state index in [4.69, 9.17) is 5.73 Å². The Balaban J connectivity index is 2.25. The van der Waals surface area contributed by atoms with Gasteiger partial charge in [0.1, 0.15) is 5.75 Å². The summed E-state index contributed by atoms with van der Waals surface area (Å²) in [5.41, 5.74) is 7.10. The Morgan fingerprint density at radius 2 is 2.00 bits per heavy atom. The molecule has 4 N–H and O–H groups in total. The summed E-state index contributed by atoms with van der Waals surface area (Å²) in [6, 6.07) is 9.94. The lowest BCUT2D eigenvalue weighted by molar-refractivity contribution is 0.102. The average molecular weight is 433 g/mol. The van der Waals surface area contributed by atoms with Gasteiger partial charge in [0.2, 0.25) is 0 Å². The molecule has 0 aliphatic carbocycles. The minimum atomic E-state index is -0.368. The number of phenolic OH excluding ortho intramolecular Hbond substituents is 1. The van der Waals surface area contributed by atoms with Crippen LogP contribution < -0.4 is 11.1 Å². The van der Waals surface area contributed by atoms with Crippen molar-refractivity contribution in [1.29, 1.82) is 0 Å². The van der Waals surface area contributed by atoms with E-state index in [0.717, 1.165) is 3.57 Å². The number of amides is 1. The third kappa shape index (κ3) is 3.38. The van der Waals surface area contributed by atoms with E-state index in [0.29, 0.717) is 15.8 Å². The first-order chi connectivity index (χ1) is 8.97. The number of hydrogen-bond donors (Lipinski definition) is 3. The first-order valence-corrected chi connectivity index (χ1v) is 7.19. The van der Waals surface area contributed by atoms with E-state index in [1.807, 2.05) is 0 Å². The number of halogens is 2. The molecule has 0 aliphatic heterocycles. The van der Waals surface area contributed by atoms with Crippen LogP contribution in [0.3, 0.4) is 0 Å². The maximum Gasteiger partial charge on any atom is 0.259 e. The molecule has 0 bridgehead atoms. The molecule has 4 nitrogen and oxygen atoms in total. The van der Waals surface area contributed by atoms with Crippen LogP contribution in [0.4, 0.5) is 11.4 Å². The van der Waals surface area contributed by atoms with Crippen LogP contribution in [0.5, 0.6) is 5.75 Å². The van der Waals surface area contributed by atoms with Gasteiger partial charge < -0.3 is 16.2 Å². The van der Waals surface area contributed by atoms with Gasteiger partial charge in [-0.2, -0.15) is 0 Å². The van der Waals surface area contributed by atoms with Crippen LogP contribution in [0.25, 0.3) is 0 Å². The van der Waals surface area contributed by atoms with Crippen molar-refractivity contribution in [1.82, 2.24) is 0 Å². The van der Waals surface area contributed by atoms with Crippen molar-refractivity contribution >= 4 is 55.8 Å². The Kier molecular flexibility index (Phi) is 4.31. The monoisotopic (exact) mass is 432 g/mol. The normalized spacial score (nSPS) is 10.2. The maximum atomic E-state index is 12.1. The molecule has 6 heteroatoms. The molecule has 0 spiro atoms. The lowest BCUT2D eigenvalue weighted by atomic mass is 10.2. The number of phenols is 1. The largest absolute Gasteiger partial charge is 0.507 e. The molecule has 0 heterocycles. The summed E-state index contributed by atoms with van der Waals surface area (Å²) in [5.74, 6) is -0.417. The molecule has 19 heavy (non-hydrogen) atoms. The van der Waals surface area contributed by atoms with Gasteiger partial charge in [0.05, 0.1) is 5.56 Å². The fourth-order valence-electron chi connectivity index (χ4n) is 1.49. The van der Waals surface area contributed by atoms with E-state index in [2.05, 4.69) is 43.8 Å². The molecule has 0 aromatic heterocycles. The molecular formula is C13H10BrIN2O2. The number of rotatable bonds is 2. The third-order valence-electron chi connectivity index (χ3n) is 2.46. The Hall–Kier alpha value is -1.28. The number of nitrogens with two attached hydrogens (primary N) is 1. The Bertz CT molecular complexity index is 647. The number of hydrogen-bond acceptors (Lipinski definition) is 3. The smallest absolute Gasteiger partial charge is 0.259 e. The van der Waals surface area contributed by atoms with Gasteiger partial charge >= 0.3 is 0 Å². The molecule has 0 radical (unpaired) electrons. The summed E-state index contributed by atoms with van der Waals surface area (Å²) in [6.45, 7) is 0. The van der Waals surface area contributed by atoms with Crippen molar-refractivity contribution in [2.75, 3.05) is 11.1 Å². The van der Waals surface area contributed by atoms with Gasteiger partial charge in [0, 0.05) is 19.4 Å². The number of carbonyl (C=O) groups excluding carboxylic acids is 1. The molecule has 0 fully saturated rings. The van der Waals surface area contributed by atoms with E-state index < -0.39 is 0 Å². The zero-order chi connectivity index (χ0) is 14.0. The van der Waals surface area contributed by atoms with Crippen LogP contribution in [0.2, 0.25) is 0 Å². The molecule has 1 amide bonds. The topological polar surface area (TPSA) is 75.3 Å². The summed E-state index contributed by atoms with van der Waals surface area (Å²) in [7, 11) is 0. The van der Waals surface area contributed by atoms with Gasteiger partial charge in [-0.3, -0.25) is 4.79 Å².